The van der Waals surface area contributed by atoms with E-state index in [-0.39, 0.29) is 12.0 Å². The number of aliphatic hydroxyl groups excluding tert-OH is 1. The molecule has 25 heavy (non-hydrogen) atoms. The molecule has 0 saturated carbocycles. The molecule has 3 rings (SSSR count). The van der Waals surface area contributed by atoms with Gasteiger partial charge in [-0.25, -0.2) is 0 Å². The largest absolute Gasteiger partial charge is 0.393 e. The van der Waals surface area contributed by atoms with Gasteiger partial charge >= 0.3 is 0 Å². The number of carbonyl (C=O) groups excluding carboxylic acids is 1. The van der Waals surface area contributed by atoms with Gasteiger partial charge < -0.3 is 14.9 Å². The highest BCUT2D eigenvalue weighted by molar-refractivity contribution is 5.94. The topological polar surface area (TPSA) is 43.8 Å². The minimum absolute atomic E-state index is 0.129. The Morgan fingerprint density at radius 1 is 1.08 bits per heavy atom. The molecule has 1 amide bonds. The molecule has 4 heteroatoms. The average molecular weight is 344 g/mol. The molecule has 0 bridgehead atoms. The molecule has 138 valence electrons. The first-order chi connectivity index (χ1) is 12.0. The Balaban J connectivity index is 1.53. The highest BCUT2D eigenvalue weighted by atomic mass is 16.3. The molecule has 2 fully saturated rings. The summed E-state index contributed by atoms with van der Waals surface area (Å²) in [4.78, 5) is 17.1. The number of aliphatic hydroxyl groups is 1. The molecule has 0 spiro atoms. The van der Waals surface area contributed by atoms with Crippen LogP contribution in [0, 0.1) is 11.8 Å². The van der Waals surface area contributed by atoms with Gasteiger partial charge in [-0.3, -0.25) is 4.79 Å². The maximum absolute atomic E-state index is 12.7. The lowest BCUT2D eigenvalue weighted by Gasteiger charge is -2.34. The van der Waals surface area contributed by atoms with E-state index in [1.54, 1.807) is 0 Å². The Morgan fingerprint density at radius 2 is 1.68 bits per heavy atom. The van der Waals surface area contributed by atoms with Gasteiger partial charge in [0.05, 0.1) is 6.10 Å². The second-order valence-electron chi connectivity index (χ2n) is 8.07. The summed E-state index contributed by atoms with van der Waals surface area (Å²) in [6.45, 7) is 8.06. The molecule has 1 N–H and O–H groups in total. The molecule has 2 aliphatic heterocycles. The van der Waals surface area contributed by atoms with Gasteiger partial charge in [0.25, 0.3) is 5.91 Å². The molecule has 2 heterocycles. The minimum Gasteiger partial charge on any atom is -0.393 e. The number of anilines is 1. The summed E-state index contributed by atoms with van der Waals surface area (Å²) in [6.07, 6.45) is 4.97. The lowest BCUT2D eigenvalue weighted by Crippen LogP contribution is -2.41. The number of amides is 1. The van der Waals surface area contributed by atoms with Crippen molar-refractivity contribution in [2.75, 3.05) is 31.1 Å². The molecule has 0 aromatic heterocycles. The zero-order valence-electron chi connectivity index (χ0n) is 15.7. The normalized spacial score (nSPS) is 20.3. The SMILES string of the molecule is CC(C)C[C@H](O)C1CCN(C(=O)c2ccc(N3CCCC3)cc2)CC1. The third-order valence-electron chi connectivity index (χ3n) is 5.67. The van der Waals surface area contributed by atoms with Crippen molar-refractivity contribution in [3.63, 3.8) is 0 Å². The van der Waals surface area contributed by atoms with Gasteiger partial charge in [-0.05, 0) is 68.2 Å². The molecule has 2 aliphatic rings. The van der Waals surface area contributed by atoms with E-state index in [1.165, 1.54) is 18.5 Å². The van der Waals surface area contributed by atoms with Crippen LogP contribution in [0.4, 0.5) is 5.69 Å². The van der Waals surface area contributed by atoms with E-state index in [0.29, 0.717) is 11.8 Å². The molecule has 2 saturated heterocycles. The van der Waals surface area contributed by atoms with Crippen molar-refractivity contribution in [1.29, 1.82) is 0 Å². The maximum Gasteiger partial charge on any atom is 0.253 e. The van der Waals surface area contributed by atoms with Gasteiger partial charge in [-0.15, -0.1) is 0 Å². The van der Waals surface area contributed by atoms with Crippen molar-refractivity contribution in [3.8, 4) is 0 Å². The van der Waals surface area contributed by atoms with E-state index in [0.717, 1.165) is 51.0 Å². The van der Waals surface area contributed by atoms with Crippen LogP contribution in [-0.2, 0) is 0 Å². The summed E-state index contributed by atoms with van der Waals surface area (Å²) in [7, 11) is 0. The van der Waals surface area contributed by atoms with Crippen LogP contribution in [0.15, 0.2) is 24.3 Å². The summed E-state index contributed by atoms with van der Waals surface area (Å²) >= 11 is 0. The fourth-order valence-corrected chi connectivity index (χ4v) is 4.14. The predicted octanol–water partition coefficient (Wildman–Crippen LogP) is 3.55. The Bertz CT molecular complexity index is 556. The van der Waals surface area contributed by atoms with Gasteiger partial charge in [0, 0.05) is 37.4 Å². The number of carbonyl (C=O) groups is 1. The van der Waals surface area contributed by atoms with Crippen LogP contribution in [0.5, 0.6) is 0 Å². The van der Waals surface area contributed by atoms with Gasteiger partial charge in [0.15, 0.2) is 0 Å². The van der Waals surface area contributed by atoms with E-state index >= 15 is 0 Å². The third-order valence-corrected chi connectivity index (χ3v) is 5.67. The van der Waals surface area contributed by atoms with Crippen molar-refractivity contribution in [2.24, 2.45) is 11.8 Å². The lowest BCUT2D eigenvalue weighted by atomic mass is 9.87. The summed E-state index contributed by atoms with van der Waals surface area (Å²) in [5, 5.41) is 10.3. The number of likely N-dealkylation sites (tertiary alicyclic amines) is 1. The fraction of sp³-hybridized carbons (Fsp3) is 0.667. The third kappa shape index (κ3) is 4.55. The molecule has 0 aliphatic carbocycles. The Labute approximate surface area is 151 Å². The van der Waals surface area contributed by atoms with E-state index in [1.807, 2.05) is 17.0 Å². The fourth-order valence-electron chi connectivity index (χ4n) is 4.14. The van der Waals surface area contributed by atoms with Crippen molar-refractivity contribution in [3.05, 3.63) is 29.8 Å². The molecule has 4 nitrogen and oxygen atoms in total. The smallest absolute Gasteiger partial charge is 0.253 e. The predicted molar refractivity (Wildman–Crippen MR) is 102 cm³/mol. The van der Waals surface area contributed by atoms with Gasteiger partial charge in [0.1, 0.15) is 0 Å². The van der Waals surface area contributed by atoms with Crippen molar-refractivity contribution in [2.45, 2.75) is 52.1 Å². The van der Waals surface area contributed by atoms with Crippen LogP contribution in [0.2, 0.25) is 0 Å². The monoisotopic (exact) mass is 344 g/mol. The van der Waals surface area contributed by atoms with Crippen LogP contribution in [-0.4, -0.2) is 48.2 Å². The van der Waals surface area contributed by atoms with Gasteiger partial charge in [0.2, 0.25) is 0 Å². The number of piperidine rings is 1. The minimum atomic E-state index is -0.225. The van der Waals surface area contributed by atoms with Crippen LogP contribution in [0.1, 0.15) is 56.3 Å². The molecule has 0 radical (unpaired) electrons. The van der Waals surface area contributed by atoms with E-state index in [9.17, 15) is 9.90 Å². The molecular formula is C21H32N2O2. The summed E-state index contributed by atoms with van der Waals surface area (Å²) in [5.41, 5.74) is 2.01. The van der Waals surface area contributed by atoms with E-state index in [2.05, 4.69) is 30.9 Å². The van der Waals surface area contributed by atoms with Crippen LogP contribution in [0.3, 0.4) is 0 Å². The first-order valence-electron chi connectivity index (χ1n) is 9.87. The Kier molecular flexibility index (Phi) is 6.00. The second kappa shape index (κ2) is 8.22. The van der Waals surface area contributed by atoms with E-state index in [4.69, 9.17) is 0 Å². The number of hydrogen-bond acceptors (Lipinski definition) is 3. The van der Waals surface area contributed by atoms with Crippen LogP contribution >= 0.6 is 0 Å². The second-order valence-corrected chi connectivity index (χ2v) is 8.07. The van der Waals surface area contributed by atoms with Gasteiger partial charge in [-0.1, -0.05) is 13.8 Å². The molecule has 1 atom stereocenters. The molecule has 1 aromatic carbocycles. The molecule has 1 aromatic rings. The molecular weight excluding hydrogens is 312 g/mol. The number of benzene rings is 1. The number of hydrogen-bond donors (Lipinski definition) is 1. The zero-order valence-corrected chi connectivity index (χ0v) is 15.7. The average Bonchev–Trinajstić information content (AvgIpc) is 3.15. The van der Waals surface area contributed by atoms with E-state index < -0.39 is 0 Å². The lowest BCUT2D eigenvalue weighted by molar-refractivity contribution is 0.0385. The number of nitrogens with zero attached hydrogens (tertiary/aromatic N) is 2. The quantitative estimate of drug-likeness (QED) is 0.888. The van der Waals surface area contributed by atoms with Crippen molar-refractivity contribution < 1.29 is 9.90 Å². The first-order valence-corrected chi connectivity index (χ1v) is 9.87. The van der Waals surface area contributed by atoms with Crippen molar-refractivity contribution in [1.82, 2.24) is 4.90 Å². The summed E-state index contributed by atoms with van der Waals surface area (Å²) in [5.74, 6) is 0.984. The van der Waals surface area contributed by atoms with Crippen molar-refractivity contribution >= 4 is 11.6 Å². The Hall–Kier alpha value is -1.55. The molecule has 0 unspecified atom stereocenters. The summed E-state index contributed by atoms with van der Waals surface area (Å²) < 4.78 is 0. The van der Waals surface area contributed by atoms with Crippen LogP contribution < -0.4 is 4.90 Å². The maximum atomic E-state index is 12.7. The highest BCUT2D eigenvalue weighted by Gasteiger charge is 2.28. The first kappa shape index (κ1) is 18.2. The number of rotatable bonds is 5. The Morgan fingerprint density at radius 3 is 2.24 bits per heavy atom. The summed E-state index contributed by atoms with van der Waals surface area (Å²) in [6, 6.07) is 8.10. The zero-order chi connectivity index (χ0) is 17.8. The standard InChI is InChI=1S/C21H32N2O2/c1-16(2)15-20(24)17-9-13-23(14-10-17)21(25)18-5-7-19(8-6-18)22-11-3-4-12-22/h5-8,16-17,20,24H,3-4,9-15H2,1-2H3/t20-/m0/s1. The van der Waals surface area contributed by atoms with Crippen LogP contribution in [0.25, 0.3) is 0 Å². The van der Waals surface area contributed by atoms with Gasteiger partial charge in [-0.2, -0.15) is 0 Å². The highest BCUT2D eigenvalue weighted by Crippen LogP contribution is 2.26.